The summed E-state index contributed by atoms with van der Waals surface area (Å²) in [6.07, 6.45) is 0. The van der Waals surface area contributed by atoms with Crippen LogP contribution in [0.1, 0.15) is 12.5 Å². The monoisotopic (exact) mass is 377 g/mol. The molecule has 130 valence electrons. The Morgan fingerprint density at radius 2 is 2.04 bits per heavy atom. The molecule has 1 N–H and O–H groups in total. The molecule has 0 spiro atoms. The third-order valence-electron chi connectivity index (χ3n) is 3.65. The van der Waals surface area contributed by atoms with Crippen LogP contribution in [-0.2, 0) is 0 Å². The van der Waals surface area contributed by atoms with Crippen molar-refractivity contribution in [3.05, 3.63) is 58.9 Å². The lowest BCUT2D eigenvalue weighted by Crippen LogP contribution is -2.38. The summed E-state index contributed by atoms with van der Waals surface area (Å²) >= 11 is 7.34. The molecule has 0 aliphatic carbocycles. The highest BCUT2D eigenvalue weighted by molar-refractivity contribution is 8.15. The van der Waals surface area contributed by atoms with Crippen LogP contribution in [0.15, 0.2) is 47.5 Å². The minimum atomic E-state index is -0.528. The van der Waals surface area contributed by atoms with Crippen molar-refractivity contribution in [1.29, 1.82) is 0 Å². The quantitative estimate of drug-likeness (QED) is 0.770. The number of aryl methyl sites for hydroxylation is 1. The number of amides is 2. The van der Waals surface area contributed by atoms with Gasteiger partial charge < -0.3 is 5.32 Å². The molecule has 2 aromatic rings. The zero-order chi connectivity index (χ0) is 18.0. The van der Waals surface area contributed by atoms with E-state index in [4.69, 9.17) is 11.6 Å². The summed E-state index contributed by atoms with van der Waals surface area (Å²) in [5, 5.41) is 3.67. The molecule has 7 heteroatoms. The number of hydrogen-bond acceptors (Lipinski definition) is 3. The molecule has 1 aliphatic rings. The highest BCUT2D eigenvalue weighted by Gasteiger charge is 2.27. The van der Waals surface area contributed by atoms with Gasteiger partial charge in [-0.25, -0.2) is 14.1 Å². The van der Waals surface area contributed by atoms with Crippen LogP contribution in [0.3, 0.4) is 0 Å². The van der Waals surface area contributed by atoms with E-state index in [0.29, 0.717) is 22.6 Å². The van der Waals surface area contributed by atoms with E-state index in [1.807, 2.05) is 31.2 Å². The van der Waals surface area contributed by atoms with Crippen LogP contribution in [0.2, 0.25) is 5.02 Å². The van der Waals surface area contributed by atoms with Gasteiger partial charge in [-0.1, -0.05) is 48.0 Å². The van der Waals surface area contributed by atoms with E-state index in [1.165, 1.54) is 23.1 Å². The van der Waals surface area contributed by atoms with Gasteiger partial charge in [0.25, 0.3) is 0 Å². The van der Waals surface area contributed by atoms with Crippen molar-refractivity contribution >= 4 is 45.9 Å². The predicted octanol–water partition coefficient (Wildman–Crippen LogP) is 5.32. The zero-order valence-corrected chi connectivity index (χ0v) is 15.4. The number of carbonyl (C=O) groups is 1. The summed E-state index contributed by atoms with van der Waals surface area (Å²) in [4.78, 5) is 18.9. The van der Waals surface area contributed by atoms with E-state index in [0.717, 1.165) is 11.3 Å². The first-order valence-electron chi connectivity index (χ1n) is 7.78. The third kappa shape index (κ3) is 4.14. The van der Waals surface area contributed by atoms with Crippen LogP contribution >= 0.6 is 23.4 Å². The lowest BCUT2D eigenvalue weighted by Gasteiger charge is -2.23. The van der Waals surface area contributed by atoms with E-state index < -0.39 is 5.82 Å². The Balaban J connectivity index is 1.89. The molecule has 0 saturated heterocycles. The maximum atomic E-state index is 13.3. The lowest BCUT2D eigenvalue weighted by molar-refractivity contribution is 0.259. The number of rotatable bonds is 2. The lowest BCUT2D eigenvalue weighted by atomic mass is 10.2. The van der Waals surface area contributed by atoms with Gasteiger partial charge in [-0.3, -0.25) is 4.99 Å². The Labute approximate surface area is 155 Å². The van der Waals surface area contributed by atoms with Gasteiger partial charge in [0.1, 0.15) is 5.82 Å². The number of thioether (sulfide) groups is 1. The molecule has 1 aliphatic heterocycles. The SMILES string of the molecule is Cc1ccc(N(C(=O)Nc2ccc(F)c(Cl)c2)C2=NC[C@@H](C)S2)cc1. The maximum Gasteiger partial charge on any atom is 0.332 e. The summed E-state index contributed by atoms with van der Waals surface area (Å²) in [6, 6.07) is 11.3. The van der Waals surface area contributed by atoms with Gasteiger partial charge in [-0.2, -0.15) is 0 Å². The first-order chi connectivity index (χ1) is 11.9. The fraction of sp³-hybridized carbons (Fsp3) is 0.222. The number of anilines is 2. The predicted molar refractivity (Wildman–Crippen MR) is 103 cm³/mol. The second kappa shape index (κ2) is 7.45. The van der Waals surface area contributed by atoms with Crippen molar-refractivity contribution in [3.8, 4) is 0 Å². The van der Waals surface area contributed by atoms with Gasteiger partial charge in [0.2, 0.25) is 0 Å². The normalized spacial score (nSPS) is 16.5. The van der Waals surface area contributed by atoms with Crippen molar-refractivity contribution in [3.63, 3.8) is 0 Å². The molecule has 2 amide bonds. The molecular formula is C18H17ClFN3OS. The standard InChI is InChI=1S/C18H17ClFN3OS/c1-11-3-6-14(7-4-11)23(18-21-10-12(2)25-18)17(24)22-13-5-8-16(20)15(19)9-13/h3-9,12H,10H2,1-2H3,(H,22,24)/t12-/m1/s1. The Hall–Kier alpha value is -2.05. The largest absolute Gasteiger partial charge is 0.332 e. The van der Waals surface area contributed by atoms with Crippen molar-refractivity contribution in [2.75, 3.05) is 16.8 Å². The molecule has 2 aromatic carbocycles. The number of halogens is 2. The summed E-state index contributed by atoms with van der Waals surface area (Å²) < 4.78 is 13.3. The Kier molecular flexibility index (Phi) is 5.30. The second-order valence-electron chi connectivity index (χ2n) is 5.78. The van der Waals surface area contributed by atoms with Crippen molar-refractivity contribution in [1.82, 2.24) is 0 Å². The van der Waals surface area contributed by atoms with E-state index in [-0.39, 0.29) is 11.1 Å². The Morgan fingerprint density at radius 3 is 2.64 bits per heavy atom. The number of hydrogen-bond donors (Lipinski definition) is 1. The van der Waals surface area contributed by atoms with Gasteiger partial charge in [-0.15, -0.1) is 0 Å². The van der Waals surface area contributed by atoms with Crippen LogP contribution in [0.5, 0.6) is 0 Å². The van der Waals surface area contributed by atoms with Crippen molar-refractivity contribution < 1.29 is 9.18 Å². The van der Waals surface area contributed by atoms with Gasteiger partial charge in [0, 0.05) is 10.9 Å². The first-order valence-corrected chi connectivity index (χ1v) is 9.04. The first kappa shape index (κ1) is 17.8. The number of aliphatic imine (C=N–C) groups is 1. The number of carbonyl (C=O) groups excluding carboxylic acids is 1. The van der Waals surface area contributed by atoms with Gasteiger partial charge >= 0.3 is 6.03 Å². The van der Waals surface area contributed by atoms with E-state index in [1.54, 1.807) is 11.8 Å². The van der Waals surface area contributed by atoms with Crippen LogP contribution in [0.4, 0.5) is 20.6 Å². The number of urea groups is 1. The Morgan fingerprint density at radius 1 is 1.32 bits per heavy atom. The van der Waals surface area contributed by atoms with Gasteiger partial charge in [0.05, 0.1) is 17.3 Å². The topological polar surface area (TPSA) is 44.7 Å². The highest BCUT2D eigenvalue weighted by atomic mass is 35.5. The van der Waals surface area contributed by atoms with Crippen LogP contribution < -0.4 is 10.2 Å². The Bertz CT molecular complexity index is 826. The highest BCUT2D eigenvalue weighted by Crippen LogP contribution is 2.28. The van der Waals surface area contributed by atoms with E-state index in [2.05, 4.69) is 17.2 Å². The average molecular weight is 378 g/mol. The maximum absolute atomic E-state index is 13.3. The van der Waals surface area contributed by atoms with Crippen LogP contribution in [0, 0.1) is 12.7 Å². The fourth-order valence-electron chi connectivity index (χ4n) is 2.35. The molecule has 1 heterocycles. The molecule has 0 saturated carbocycles. The minimum Gasteiger partial charge on any atom is -0.307 e. The number of amidine groups is 1. The minimum absolute atomic E-state index is 0.0408. The van der Waals surface area contributed by atoms with Gasteiger partial charge in [-0.05, 0) is 37.3 Å². The molecular weight excluding hydrogens is 361 g/mol. The van der Waals surface area contributed by atoms with Crippen LogP contribution in [0.25, 0.3) is 0 Å². The molecule has 0 aromatic heterocycles. The van der Waals surface area contributed by atoms with E-state index in [9.17, 15) is 9.18 Å². The zero-order valence-electron chi connectivity index (χ0n) is 13.8. The van der Waals surface area contributed by atoms with Crippen molar-refractivity contribution in [2.24, 2.45) is 4.99 Å². The smallest absolute Gasteiger partial charge is 0.307 e. The summed E-state index contributed by atoms with van der Waals surface area (Å²) in [6.45, 7) is 4.71. The summed E-state index contributed by atoms with van der Waals surface area (Å²) in [5.41, 5.74) is 2.24. The molecule has 25 heavy (non-hydrogen) atoms. The number of nitrogens with zero attached hydrogens (tertiary/aromatic N) is 2. The molecule has 0 unspecified atom stereocenters. The van der Waals surface area contributed by atoms with E-state index >= 15 is 0 Å². The number of benzene rings is 2. The van der Waals surface area contributed by atoms with Crippen molar-refractivity contribution in [2.45, 2.75) is 19.1 Å². The molecule has 0 fully saturated rings. The van der Waals surface area contributed by atoms with Crippen LogP contribution in [-0.4, -0.2) is 23.0 Å². The molecule has 3 rings (SSSR count). The fourth-order valence-corrected chi connectivity index (χ4v) is 3.48. The number of nitrogens with one attached hydrogen (secondary N) is 1. The second-order valence-corrected chi connectivity index (χ2v) is 7.59. The third-order valence-corrected chi connectivity index (χ3v) is 5.01. The molecule has 0 radical (unpaired) electrons. The summed E-state index contributed by atoms with van der Waals surface area (Å²) in [7, 11) is 0. The average Bonchev–Trinajstić information content (AvgIpc) is 2.99. The molecule has 4 nitrogen and oxygen atoms in total. The molecule has 0 bridgehead atoms. The molecule has 1 atom stereocenters. The van der Waals surface area contributed by atoms with Gasteiger partial charge in [0.15, 0.2) is 5.17 Å². The summed E-state index contributed by atoms with van der Waals surface area (Å²) in [5.74, 6) is -0.528.